The molecule has 0 unspecified atom stereocenters. The molecule has 2 fully saturated rings. The molecule has 3 aromatic rings. The van der Waals surface area contributed by atoms with Gasteiger partial charge in [0, 0.05) is 35.4 Å². The van der Waals surface area contributed by atoms with Gasteiger partial charge in [0.1, 0.15) is 18.1 Å². The van der Waals surface area contributed by atoms with Crippen molar-refractivity contribution in [3.05, 3.63) is 59.7 Å². The summed E-state index contributed by atoms with van der Waals surface area (Å²) in [7, 11) is 0. The van der Waals surface area contributed by atoms with Crippen LogP contribution in [0.5, 0.6) is 0 Å². The van der Waals surface area contributed by atoms with Crippen molar-refractivity contribution in [1.29, 1.82) is 0 Å². The average molecular weight is 392 g/mol. The van der Waals surface area contributed by atoms with Gasteiger partial charge in [0.05, 0.1) is 12.1 Å². The third-order valence-electron chi connectivity index (χ3n) is 6.82. The van der Waals surface area contributed by atoms with Crippen LogP contribution in [0.15, 0.2) is 46.9 Å². The molecule has 0 saturated carbocycles. The van der Waals surface area contributed by atoms with E-state index in [0.29, 0.717) is 5.76 Å². The molecule has 0 amide bonds. The Morgan fingerprint density at radius 3 is 2.62 bits per heavy atom. The number of hydrogen-bond acceptors (Lipinski definition) is 5. The van der Waals surface area contributed by atoms with E-state index in [-0.39, 0.29) is 12.1 Å². The average Bonchev–Trinajstić information content (AvgIpc) is 3.35. The molecule has 1 spiro atoms. The Morgan fingerprint density at radius 1 is 1.03 bits per heavy atom. The SMILES string of the molecule is Cc1cc(N2CCC3(CCCN3Cc3ccc(CO)o3)CC2)c2ccccc2n1. The van der Waals surface area contributed by atoms with Gasteiger partial charge >= 0.3 is 0 Å². The maximum atomic E-state index is 9.27. The highest BCUT2D eigenvalue weighted by molar-refractivity contribution is 5.92. The fourth-order valence-electron chi connectivity index (χ4n) is 5.30. The van der Waals surface area contributed by atoms with Crippen LogP contribution in [0.3, 0.4) is 0 Å². The lowest BCUT2D eigenvalue weighted by molar-refractivity contribution is 0.0911. The summed E-state index contributed by atoms with van der Waals surface area (Å²) in [6, 6.07) is 14.6. The Bertz CT molecular complexity index is 1000. The number of aromatic nitrogens is 1. The zero-order chi connectivity index (χ0) is 19.8. The molecule has 1 aromatic carbocycles. The first kappa shape index (κ1) is 18.6. The van der Waals surface area contributed by atoms with Crippen molar-refractivity contribution in [3.63, 3.8) is 0 Å². The van der Waals surface area contributed by atoms with E-state index in [1.807, 2.05) is 12.1 Å². The first-order valence-electron chi connectivity index (χ1n) is 10.7. The number of fused-ring (bicyclic) bond motifs is 1. The van der Waals surface area contributed by atoms with E-state index in [2.05, 4.69) is 47.1 Å². The first-order valence-corrected chi connectivity index (χ1v) is 10.7. The number of aliphatic hydroxyl groups is 1. The van der Waals surface area contributed by atoms with Crippen molar-refractivity contribution in [1.82, 2.24) is 9.88 Å². The van der Waals surface area contributed by atoms with Crippen LogP contribution < -0.4 is 4.90 Å². The second-order valence-corrected chi connectivity index (χ2v) is 8.56. The van der Waals surface area contributed by atoms with E-state index in [0.717, 1.165) is 43.1 Å². The van der Waals surface area contributed by atoms with Gasteiger partial charge in [-0.2, -0.15) is 0 Å². The molecule has 2 aliphatic rings. The highest BCUT2D eigenvalue weighted by Gasteiger charge is 2.43. The first-order chi connectivity index (χ1) is 14.2. The van der Waals surface area contributed by atoms with Crippen molar-refractivity contribution in [3.8, 4) is 0 Å². The molecule has 5 rings (SSSR count). The second kappa shape index (κ2) is 7.47. The molecular weight excluding hydrogens is 362 g/mol. The highest BCUT2D eigenvalue weighted by Crippen LogP contribution is 2.41. The predicted molar refractivity (Wildman–Crippen MR) is 115 cm³/mol. The quantitative estimate of drug-likeness (QED) is 0.720. The van der Waals surface area contributed by atoms with Crippen LogP contribution in [0.4, 0.5) is 5.69 Å². The third-order valence-corrected chi connectivity index (χ3v) is 6.82. The minimum absolute atomic E-state index is 0.0284. The van der Waals surface area contributed by atoms with Gasteiger partial charge in [-0.05, 0) is 63.4 Å². The molecule has 5 nitrogen and oxygen atoms in total. The van der Waals surface area contributed by atoms with Gasteiger partial charge in [0.15, 0.2) is 0 Å². The van der Waals surface area contributed by atoms with Gasteiger partial charge in [-0.25, -0.2) is 0 Å². The number of hydrogen-bond donors (Lipinski definition) is 1. The minimum atomic E-state index is -0.0284. The number of aliphatic hydroxyl groups excluding tert-OH is 1. The summed E-state index contributed by atoms with van der Waals surface area (Å²) in [5, 5.41) is 10.5. The van der Waals surface area contributed by atoms with Gasteiger partial charge in [0.2, 0.25) is 0 Å². The predicted octanol–water partition coefficient (Wildman–Crippen LogP) is 4.26. The van der Waals surface area contributed by atoms with Crippen molar-refractivity contribution in [2.24, 2.45) is 0 Å². The number of benzene rings is 1. The lowest BCUT2D eigenvalue weighted by Crippen LogP contribution is -2.51. The molecule has 0 radical (unpaired) electrons. The van der Waals surface area contributed by atoms with Gasteiger partial charge < -0.3 is 14.4 Å². The molecule has 152 valence electrons. The molecule has 2 aliphatic heterocycles. The monoisotopic (exact) mass is 391 g/mol. The van der Waals surface area contributed by atoms with E-state index in [1.54, 1.807) is 0 Å². The smallest absolute Gasteiger partial charge is 0.129 e. The number of piperidine rings is 1. The van der Waals surface area contributed by atoms with Gasteiger partial charge in [-0.1, -0.05) is 18.2 Å². The Hall–Kier alpha value is -2.37. The van der Waals surface area contributed by atoms with E-state index >= 15 is 0 Å². The number of aryl methyl sites for hydroxylation is 1. The Balaban J connectivity index is 1.34. The number of rotatable bonds is 4. The van der Waals surface area contributed by atoms with Crippen LogP contribution in [0.1, 0.15) is 42.9 Å². The summed E-state index contributed by atoms with van der Waals surface area (Å²) in [4.78, 5) is 9.88. The van der Waals surface area contributed by atoms with Crippen LogP contribution in [-0.4, -0.2) is 40.2 Å². The number of furan rings is 1. The van der Waals surface area contributed by atoms with Gasteiger partial charge in [-0.3, -0.25) is 9.88 Å². The number of likely N-dealkylation sites (tertiary alicyclic amines) is 1. The van der Waals surface area contributed by atoms with E-state index in [9.17, 15) is 5.11 Å². The zero-order valence-electron chi connectivity index (χ0n) is 17.1. The molecular formula is C24H29N3O2. The molecule has 0 atom stereocenters. The lowest BCUT2D eigenvalue weighted by atomic mass is 9.84. The molecule has 0 bridgehead atoms. The number of anilines is 1. The van der Waals surface area contributed by atoms with Crippen molar-refractivity contribution < 1.29 is 9.52 Å². The number of nitrogens with zero attached hydrogens (tertiary/aromatic N) is 3. The van der Waals surface area contributed by atoms with Crippen LogP contribution in [0, 0.1) is 6.92 Å². The van der Waals surface area contributed by atoms with E-state index in [1.165, 1.54) is 36.8 Å². The lowest BCUT2D eigenvalue weighted by Gasteiger charge is -2.45. The summed E-state index contributed by atoms with van der Waals surface area (Å²) >= 11 is 0. The number of pyridine rings is 1. The van der Waals surface area contributed by atoms with Crippen LogP contribution in [0.2, 0.25) is 0 Å². The van der Waals surface area contributed by atoms with Crippen LogP contribution in [0.25, 0.3) is 10.9 Å². The molecule has 5 heteroatoms. The summed E-state index contributed by atoms with van der Waals surface area (Å²) in [6.07, 6.45) is 4.88. The Morgan fingerprint density at radius 2 is 1.83 bits per heavy atom. The minimum Gasteiger partial charge on any atom is -0.462 e. The Kier molecular flexibility index (Phi) is 4.80. The molecule has 0 aliphatic carbocycles. The maximum Gasteiger partial charge on any atom is 0.129 e. The van der Waals surface area contributed by atoms with Crippen molar-refractivity contribution >= 4 is 16.6 Å². The summed E-state index contributed by atoms with van der Waals surface area (Å²) in [5.41, 5.74) is 3.77. The summed E-state index contributed by atoms with van der Waals surface area (Å²) < 4.78 is 5.77. The number of para-hydroxylation sites is 1. The van der Waals surface area contributed by atoms with Gasteiger partial charge in [0.25, 0.3) is 0 Å². The molecule has 29 heavy (non-hydrogen) atoms. The molecule has 4 heterocycles. The topological polar surface area (TPSA) is 52.7 Å². The second-order valence-electron chi connectivity index (χ2n) is 8.56. The van der Waals surface area contributed by atoms with Crippen molar-refractivity contribution in [2.45, 2.75) is 51.3 Å². The van der Waals surface area contributed by atoms with E-state index in [4.69, 9.17) is 9.40 Å². The highest BCUT2D eigenvalue weighted by atomic mass is 16.4. The summed E-state index contributed by atoms with van der Waals surface area (Å²) in [5.74, 6) is 1.62. The van der Waals surface area contributed by atoms with Crippen LogP contribution >= 0.6 is 0 Å². The zero-order valence-corrected chi connectivity index (χ0v) is 17.1. The normalized spacial score (nSPS) is 19.4. The van der Waals surface area contributed by atoms with Crippen LogP contribution in [-0.2, 0) is 13.2 Å². The molecule has 2 saturated heterocycles. The largest absolute Gasteiger partial charge is 0.462 e. The van der Waals surface area contributed by atoms with Crippen molar-refractivity contribution in [2.75, 3.05) is 24.5 Å². The van der Waals surface area contributed by atoms with Gasteiger partial charge in [-0.15, -0.1) is 0 Å². The maximum absolute atomic E-state index is 9.27. The summed E-state index contributed by atoms with van der Waals surface area (Å²) in [6.45, 7) is 6.18. The third kappa shape index (κ3) is 3.43. The Labute approximate surface area is 172 Å². The van der Waals surface area contributed by atoms with E-state index < -0.39 is 0 Å². The standard InChI is InChI=1S/C24H29N3O2/c1-18-15-23(21-5-2-3-6-22(21)25-18)26-13-10-24(11-14-26)9-4-12-27(24)16-19-7-8-20(17-28)29-19/h2-3,5-8,15,28H,4,9-14,16-17H2,1H3. The fourth-order valence-corrected chi connectivity index (χ4v) is 5.30. The fraction of sp³-hybridized carbons (Fsp3) is 0.458. The molecule has 1 N–H and O–H groups in total. The molecule has 2 aromatic heterocycles.